The SMILES string of the molecule is O=C(NCCc1ncc[nH]1)c1cccc(O)c1O. The molecule has 0 saturated carbocycles. The van der Waals surface area contributed by atoms with E-state index in [9.17, 15) is 15.0 Å². The molecule has 1 aromatic carbocycles. The van der Waals surface area contributed by atoms with Crippen molar-refractivity contribution < 1.29 is 15.0 Å². The van der Waals surface area contributed by atoms with E-state index in [1.54, 1.807) is 12.4 Å². The van der Waals surface area contributed by atoms with Gasteiger partial charge in [0, 0.05) is 25.4 Å². The summed E-state index contributed by atoms with van der Waals surface area (Å²) in [7, 11) is 0. The van der Waals surface area contributed by atoms with Crippen molar-refractivity contribution in [3.8, 4) is 11.5 Å². The standard InChI is InChI=1S/C12H13N3O3/c16-9-3-1-2-8(11(9)17)12(18)15-5-4-10-13-6-7-14-10/h1-3,6-7,16-17H,4-5H2,(H,13,14)(H,15,18). The lowest BCUT2D eigenvalue weighted by Crippen LogP contribution is -2.26. The van der Waals surface area contributed by atoms with Crippen molar-refractivity contribution in [1.82, 2.24) is 15.3 Å². The van der Waals surface area contributed by atoms with Crippen LogP contribution in [0.3, 0.4) is 0 Å². The summed E-state index contributed by atoms with van der Waals surface area (Å²) in [5.74, 6) is -0.382. The molecule has 0 atom stereocenters. The van der Waals surface area contributed by atoms with Crippen molar-refractivity contribution >= 4 is 5.91 Å². The number of phenolic OH excluding ortho intramolecular Hbond substituents is 2. The van der Waals surface area contributed by atoms with E-state index in [0.29, 0.717) is 13.0 Å². The molecule has 6 heteroatoms. The molecule has 6 nitrogen and oxygen atoms in total. The number of benzene rings is 1. The van der Waals surface area contributed by atoms with E-state index in [1.807, 2.05) is 0 Å². The summed E-state index contributed by atoms with van der Waals surface area (Å²) < 4.78 is 0. The lowest BCUT2D eigenvalue weighted by Gasteiger charge is -2.06. The predicted molar refractivity (Wildman–Crippen MR) is 64.4 cm³/mol. The Morgan fingerprint density at radius 3 is 2.94 bits per heavy atom. The number of rotatable bonds is 4. The van der Waals surface area contributed by atoms with Crippen molar-refractivity contribution in [3.05, 3.63) is 42.0 Å². The Balaban J connectivity index is 1.93. The molecular formula is C12H13N3O3. The minimum absolute atomic E-state index is 0.0504. The van der Waals surface area contributed by atoms with Crippen molar-refractivity contribution in [3.63, 3.8) is 0 Å². The Bertz CT molecular complexity index is 538. The minimum Gasteiger partial charge on any atom is -0.504 e. The Morgan fingerprint density at radius 1 is 1.39 bits per heavy atom. The fourth-order valence-corrected chi connectivity index (χ4v) is 1.54. The van der Waals surface area contributed by atoms with Gasteiger partial charge in [-0.05, 0) is 12.1 Å². The van der Waals surface area contributed by atoms with Crippen LogP contribution in [0.25, 0.3) is 0 Å². The number of para-hydroxylation sites is 1. The summed E-state index contributed by atoms with van der Waals surface area (Å²) in [6.07, 6.45) is 3.91. The minimum atomic E-state index is -0.435. The maximum Gasteiger partial charge on any atom is 0.255 e. The number of aromatic nitrogens is 2. The summed E-state index contributed by atoms with van der Waals surface area (Å²) in [4.78, 5) is 18.7. The number of hydrogen-bond acceptors (Lipinski definition) is 4. The monoisotopic (exact) mass is 247 g/mol. The molecule has 1 amide bonds. The third-order valence-corrected chi connectivity index (χ3v) is 2.46. The topological polar surface area (TPSA) is 98.2 Å². The molecule has 0 bridgehead atoms. The van der Waals surface area contributed by atoms with Crippen LogP contribution in [0.1, 0.15) is 16.2 Å². The van der Waals surface area contributed by atoms with Gasteiger partial charge in [0.05, 0.1) is 5.56 Å². The second-order valence-electron chi connectivity index (χ2n) is 3.72. The van der Waals surface area contributed by atoms with Crippen LogP contribution in [-0.2, 0) is 6.42 Å². The molecule has 4 N–H and O–H groups in total. The molecule has 0 fully saturated rings. The highest BCUT2D eigenvalue weighted by Crippen LogP contribution is 2.27. The van der Waals surface area contributed by atoms with Gasteiger partial charge in [0.1, 0.15) is 5.82 Å². The van der Waals surface area contributed by atoms with Crippen LogP contribution in [0.15, 0.2) is 30.6 Å². The van der Waals surface area contributed by atoms with Gasteiger partial charge in [-0.3, -0.25) is 4.79 Å². The first kappa shape index (κ1) is 12.0. The van der Waals surface area contributed by atoms with Crippen LogP contribution in [0, 0.1) is 0 Å². The summed E-state index contributed by atoms with van der Waals surface area (Å²) in [6, 6.07) is 4.25. The van der Waals surface area contributed by atoms with E-state index < -0.39 is 11.7 Å². The second-order valence-corrected chi connectivity index (χ2v) is 3.72. The van der Waals surface area contributed by atoms with Crippen LogP contribution >= 0.6 is 0 Å². The first-order valence-electron chi connectivity index (χ1n) is 5.46. The smallest absolute Gasteiger partial charge is 0.255 e. The molecule has 0 aliphatic rings. The van der Waals surface area contributed by atoms with Crippen molar-refractivity contribution in [2.75, 3.05) is 6.54 Å². The summed E-state index contributed by atoms with van der Waals surface area (Å²) in [5.41, 5.74) is 0.0504. The van der Waals surface area contributed by atoms with Gasteiger partial charge >= 0.3 is 0 Å². The molecule has 1 aromatic heterocycles. The maximum atomic E-state index is 11.7. The number of nitrogens with zero attached hydrogens (tertiary/aromatic N) is 1. The molecule has 94 valence electrons. The first-order chi connectivity index (χ1) is 8.68. The van der Waals surface area contributed by atoms with E-state index in [1.165, 1.54) is 18.2 Å². The Hall–Kier alpha value is -2.50. The van der Waals surface area contributed by atoms with E-state index in [-0.39, 0.29) is 11.3 Å². The van der Waals surface area contributed by atoms with Crippen LogP contribution in [-0.4, -0.2) is 32.6 Å². The molecule has 0 saturated heterocycles. The van der Waals surface area contributed by atoms with Crippen LogP contribution in [0.4, 0.5) is 0 Å². The quantitative estimate of drug-likeness (QED) is 0.600. The van der Waals surface area contributed by atoms with Gasteiger partial charge in [-0.25, -0.2) is 4.98 Å². The predicted octanol–water partition coefficient (Wildman–Crippen LogP) is 0.793. The highest BCUT2D eigenvalue weighted by atomic mass is 16.3. The van der Waals surface area contributed by atoms with E-state index in [0.717, 1.165) is 5.82 Å². The van der Waals surface area contributed by atoms with Crippen LogP contribution in [0.5, 0.6) is 11.5 Å². The van der Waals surface area contributed by atoms with E-state index >= 15 is 0 Å². The van der Waals surface area contributed by atoms with Gasteiger partial charge in [0.15, 0.2) is 11.5 Å². The Labute approximate surface area is 103 Å². The summed E-state index contributed by atoms with van der Waals surface area (Å²) in [6.45, 7) is 0.390. The third kappa shape index (κ3) is 2.60. The summed E-state index contributed by atoms with van der Waals surface area (Å²) >= 11 is 0. The number of phenols is 2. The molecule has 2 rings (SSSR count). The van der Waals surface area contributed by atoms with Gasteiger partial charge < -0.3 is 20.5 Å². The number of carbonyl (C=O) groups is 1. The number of amides is 1. The highest BCUT2D eigenvalue weighted by molar-refractivity contribution is 5.97. The van der Waals surface area contributed by atoms with E-state index in [4.69, 9.17) is 0 Å². The first-order valence-corrected chi connectivity index (χ1v) is 5.46. The molecule has 1 heterocycles. The van der Waals surface area contributed by atoms with Gasteiger partial charge in [0.25, 0.3) is 5.91 Å². The molecule has 0 spiro atoms. The zero-order chi connectivity index (χ0) is 13.0. The number of imidazole rings is 1. The normalized spacial score (nSPS) is 10.2. The number of nitrogens with one attached hydrogen (secondary N) is 2. The van der Waals surface area contributed by atoms with Gasteiger partial charge in [-0.15, -0.1) is 0 Å². The van der Waals surface area contributed by atoms with Crippen molar-refractivity contribution in [1.29, 1.82) is 0 Å². The second kappa shape index (κ2) is 5.22. The summed E-state index contributed by atoms with van der Waals surface area (Å²) in [5, 5.41) is 21.4. The van der Waals surface area contributed by atoms with Crippen LogP contribution < -0.4 is 5.32 Å². The molecule has 0 radical (unpaired) electrons. The zero-order valence-electron chi connectivity index (χ0n) is 9.55. The number of carbonyl (C=O) groups excluding carboxylic acids is 1. The lowest BCUT2D eigenvalue weighted by molar-refractivity contribution is 0.0950. The fraction of sp³-hybridized carbons (Fsp3) is 0.167. The average molecular weight is 247 g/mol. The van der Waals surface area contributed by atoms with Gasteiger partial charge in [-0.2, -0.15) is 0 Å². The molecule has 0 aliphatic heterocycles. The highest BCUT2D eigenvalue weighted by Gasteiger charge is 2.13. The average Bonchev–Trinajstić information content (AvgIpc) is 2.85. The van der Waals surface area contributed by atoms with Crippen LogP contribution in [0.2, 0.25) is 0 Å². The molecule has 0 aliphatic carbocycles. The lowest BCUT2D eigenvalue weighted by atomic mass is 10.1. The Kier molecular flexibility index (Phi) is 3.47. The maximum absolute atomic E-state index is 11.7. The fourth-order valence-electron chi connectivity index (χ4n) is 1.54. The molecule has 18 heavy (non-hydrogen) atoms. The zero-order valence-corrected chi connectivity index (χ0v) is 9.55. The number of hydrogen-bond donors (Lipinski definition) is 4. The molecular weight excluding hydrogens is 234 g/mol. The van der Waals surface area contributed by atoms with Crippen molar-refractivity contribution in [2.45, 2.75) is 6.42 Å². The van der Waals surface area contributed by atoms with Gasteiger partial charge in [0.2, 0.25) is 0 Å². The number of aromatic amines is 1. The number of H-pyrrole nitrogens is 1. The van der Waals surface area contributed by atoms with Gasteiger partial charge in [-0.1, -0.05) is 6.07 Å². The van der Waals surface area contributed by atoms with E-state index in [2.05, 4.69) is 15.3 Å². The third-order valence-electron chi connectivity index (χ3n) is 2.46. The molecule has 2 aromatic rings. The number of aromatic hydroxyl groups is 2. The molecule has 0 unspecified atom stereocenters. The Morgan fingerprint density at radius 2 is 2.22 bits per heavy atom. The van der Waals surface area contributed by atoms with Crippen molar-refractivity contribution in [2.24, 2.45) is 0 Å². The largest absolute Gasteiger partial charge is 0.504 e.